The Balaban J connectivity index is 1.71. The summed E-state index contributed by atoms with van der Waals surface area (Å²) in [4.78, 5) is 19.4. The van der Waals surface area contributed by atoms with Gasteiger partial charge in [0.1, 0.15) is 0 Å². The van der Waals surface area contributed by atoms with Gasteiger partial charge in [-0.05, 0) is 88.3 Å². The fraction of sp³-hybridized carbons (Fsp3) is 0.458. The number of likely N-dealkylation sites (tertiary alicyclic amines) is 1. The molecule has 0 unspecified atom stereocenters. The topological polar surface area (TPSA) is 51.0 Å². The van der Waals surface area contributed by atoms with Gasteiger partial charge in [-0.2, -0.15) is 5.10 Å². The summed E-state index contributed by atoms with van der Waals surface area (Å²) in [6.07, 6.45) is 3.56. The number of pyridine rings is 1. The van der Waals surface area contributed by atoms with Crippen LogP contribution in [0.5, 0.6) is 0 Å². The van der Waals surface area contributed by atoms with E-state index in [1.807, 2.05) is 16.5 Å². The summed E-state index contributed by atoms with van der Waals surface area (Å²) >= 11 is 0. The average Bonchev–Trinajstić information content (AvgIpc) is 3.32. The zero-order valence-corrected chi connectivity index (χ0v) is 18.2. The van der Waals surface area contributed by atoms with E-state index >= 15 is 0 Å². The predicted molar refractivity (Wildman–Crippen MR) is 117 cm³/mol. The van der Waals surface area contributed by atoms with Crippen LogP contribution >= 0.6 is 0 Å². The molecule has 0 spiro atoms. The fourth-order valence-electron chi connectivity index (χ4n) is 4.47. The second-order valence-corrected chi connectivity index (χ2v) is 8.35. The van der Waals surface area contributed by atoms with Crippen LogP contribution in [-0.4, -0.2) is 38.7 Å². The highest BCUT2D eigenvalue weighted by atomic mass is 16.2. The van der Waals surface area contributed by atoms with Crippen molar-refractivity contribution in [3.63, 3.8) is 0 Å². The Kier molecular flexibility index (Phi) is 5.15. The van der Waals surface area contributed by atoms with Crippen molar-refractivity contribution in [2.45, 2.75) is 60.3 Å². The van der Waals surface area contributed by atoms with Gasteiger partial charge in [-0.3, -0.25) is 4.79 Å². The van der Waals surface area contributed by atoms with Crippen molar-refractivity contribution in [1.29, 1.82) is 0 Å². The second-order valence-electron chi connectivity index (χ2n) is 8.35. The Morgan fingerprint density at radius 2 is 1.72 bits per heavy atom. The number of carbonyl (C=O) groups is 1. The number of aromatic nitrogens is 3. The third-order valence-corrected chi connectivity index (χ3v) is 6.36. The first-order valence-corrected chi connectivity index (χ1v) is 10.6. The molecule has 5 nitrogen and oxygen atoms in total. The van der Waals surface area contributed by atoms with Gasteiger partial charge in [0.15, 0.2) is 5.65 Å². The van der Waals surface area contributed by atoms with E-state index in [1.54, 1.807) is 0 Å². The van der Waals surface area contributed by atoms with Crippen molar-refractivity contribution in [2.75, 3.05) is 13.1 Å². The van der Waals surface area contributed by atoms with Crippen LogP contribution in [0.3, 0.4) is 0 Å². The van der Waals surface area contributed by atoms with Crippen molar-refractivity contribution in [2.24, 2.45) is 0 Å². The minimum Gasteiger partial charge on any atom is -0.343 e. The molecule has 2 aromatic heterocycles. The maximum absolute atomic E-state index is 12.5. The SMILES string of the molecule is Cc1ccc(-n2nc(C)c3c(C)c(CCC(=O)N4CCCC4)c(C)nc32)cc1C. The molecule has 1 amide bonds. The van der Waals surface area contributed by atoms with Crippen LogP contribution in [0.4, 0.5) is 0 Å². The number of amides is 1. The van der Waals surface area contributed by atoms with Gasteiger partial charge in [-0.25, -0.2) is 9.67 Å². The van der Waals surface area contributed by atoms with Crippen LogP contribution in [0.25, 0.3) is 16.7 Å². The molecule has 0 bridgehead atoms. The number of hydrogen-bond donors (Lipinski definition) is 0. The average molecular weight is 391 g/mol. The zero-order valence-electron chi connectivity index (χ0n) is 18.2. The van der Waals surface area contributed by atoms with Gasteiger partial charge in [-0.15, -0.1) is 0 Å². The molecule has 0 saturated carbocycles. The number of fused-ring (bicyclic) bond motifs is 1. The van der Waals surface area contributed by atoms with Gasteiger partial charge in [0.05, 0.1) is 11.4 Å². The van der Waals surface area contributed by atoms with Gasteiger partial charge in [0.25, 0.3) is 0 Å². The summed E-state index contributed by atoms with van der Waals surface area (Å²) in [6.45, 7) is 12.3. The van der Waals surface area contributed by atoms with Crippen molar-refractivity contribution < 1.29 is 4.79 Å². The molecule has 3 heterocycles. The van der Waals surface area contributed by atoms with Gasteiger partial charge >= 0.3 is 0 Å². The number of carbonyl (C=O) groups excluding carboxylic acids is 1. The highest BCUT2D eigenvalue weighted by molar-refractivity contribution is 5.85. The number of benzene rings is 1. The van der Waals surface area contributed by atoms with Crippen molar-refractivity contribution in [1.82, 2.24) is 19.7 Å². The van der Waals surface area contributed by atoms with E-state index in [0.717, 1.165) is 60.5 Å². The number of aryl methyl sites for hydroxylation is 5. The molecule has 0 radical (unpaired) electrons. The minimum atomic E-state index is 0.268. The molecule has 0 aliphatic carbocycles. The van der Waals surface area contributed by atoms with Gasteiger partial charge in [-0.1, -0.05) is 6.07 Å². The zero-order chi connectivity index (χ0) is 20.7. The number of nitrogens with zero attached hydrogens (tertiary/aromatic N) is 4. The van der Waals surface area contributed by atoms with Gasteiger partial charge in [0.2, 0.25) is 5.91 Å². The van der Waals surface area contributed by atoms with Crippen LogP contribution in [0.1, 0.15) is 52.9 Å². The van der Waals surface area contributed by atoms with E-state index in [4.69, 9.17) is 10.1 Å². The summed E-state index contributed by atoms with van der Waals surface area (Å²) in [6, 6.07) is 6.39. The van der Waals surface area contributed by atoms with Crippen molar-refractivity contribution >= 4 is 16.9 Å². The standard InChI is InChI=1S/C24H30N4O/c1-15-8-9-20(14-16(15)2)28-24-23(19(5)26-28)17(3)21(18(4)25-24)10-11-22(29)27-12-6-7-13-27/h8-9,14H,6-7,10-13H2,1-5H3. The first-order valence-electron chi connectivity index (χ1n) is 10.6. The highest BCUT2D eigenvalue weighted by Gasteiger charge is 2.21. The van der Waals surface area contributed by atoms with E-state index in [2.05, 4.69) is 45.9 Å². The van der Waals surface area contributed by atoms with Crippen LogP contribution in [-0.2, 0) is 11.2 Å². The smallest absolute Gasteiger partial charge is 0.222 e. The lowest BCUT2D eigenvalue weighted by atomic mass is 9.99. The molecule has 1 aliphatic heterocycles. The van der Waals surface area contributed by atoms with E-state index in [0.29, 0.717) is 6.42 Å². The Bertz CT molecular complexity index is 1090. The molecular weight excluding hydrogens is 360 g/mol. The maximum Gasteiger partial charge on any atom is 0.222 e. The van der Waals surface area contributed by atoms with E-state index in [9.17, 15) is 4.79 Å². The summed E-state index contributed by atoms with van der Waals surface area (Å²) in [5, 5.41) is 5.92. The van der Waals surface area contributed by atoms with Crippen LogP contribution in [0, 0.1) is 34.6 Å². The Morgan fingerprint density at radius 1 is 1.00 bits per heavy atom. The molecule has 29 heavy (non-hydrogen) atoms. The molecule has 0 atom stereocenters. The van der Waals surface area contributed by atoms with Crippen molar-refractivity contribution in [3.05, 3.63) is 51.8 Å². The fourth-order valence-corrected chi connectivity index (χ4v) is 4.47. The maximum atomic E-state index is 12.5. The molecule has 3 aromatic rings. The van der Waals surface area contributed by atoms with E-state index < -0.39 is 0 Å². The summed E-state index contributed by atoms with van der Waals surface area (Å²) in [5.41, 5.74) is 8.82. The van der Waals surface area contributed by atoms with E-state index in [1.165, 1.54) is 22.3 Å². The lowest BCUT2D eigenvalue weighted by Gasteiger charge is -2.16. The lowest BCUT2D eigenvalue weighted by molar-refractivity contribution is -0.130. The summed E-state index contributed by atoms with van der Waals surface area (Å²) in [5.74, 6) is 0.268. The first kappa shape index (κ1) is 19.6. The molecule has 0 N–H and O–H groups in total. The normalized spacial score (nSPS) is 14.2. The van der Waals surface area contributed by atoms with Crippen LogP contribution in [0.2, 0.25) is 0 Å². The first-order chi connectivity index (χ1) is 13.9. The van der Waals surface area contributed by atoms with E-state index in [-0.39, 0.29) is 5.91 Å². The van der Waals surface area contributed by atoms with Gasteiger partial charge < -0.3 is 4.90 Å². The Hall–Kier alpha value is -2.69. The molecule has 4 rings (SSSR count). The monoisotopic (exact) mass is 390 g/mol. The Morgan fingerprint density at radius 3 is 2.41 bits per heavy atom. The molecule has 1 saturated heterocycles. The molecule has 152 valence electrons. The summed E-state index contributed by atoms with van der Waals surface area (Å²) < 4.78 is 1.95. The molecule has 5 heteroatoms. The minimum absolute atomic E-state index is 0.268. The molecular formula is C24H30N4O. The summed E-state index contributed by atoms with van der Waals surface area (Å²) in [7, 11) is 0. The lowest BCUT2D eigenvalue weighted by Crippen LogP contribution is -2.27. The second kappa shape index (κ2) is 7.62. The predicted octanol–water partition coefficient (Wildman–Crippen LogP) is 4.52. The third kappa shape index (κ3) is 3.54. The number of rotatable bonds is 4. The third-order valence-electron chi connectivity index (χ3n) is 6.36. The molecule has 1 aliphatic rings. The van der Waals surface area contributed by atoms with Crippen molar-refractivity contribution in [3.8, 4) is 5.69 Å². The Labute approximate surface area is 172 Å². The van der Waals surface area contributed by atoms with Gasteiger partial charge in [0, 0.05) is 30.6 Å². The quantitative estimate of drug-likeness (QED) is 0.658. The largest absolute Gasteiger partial charge is 0.343 e. The van der Waals surface area contributed by atoms with Crippen LogP contribution in [0.15, 0.2) is 18.2 Å². The van der Waals surface area contributed by atoms with Crippen LogP contribution < -0.4 is 0 Å². The molecule has 1 fully saturated rings. The highest BCUT2D eigenvalue weighted by Crippen LogP contribution is 2.29. The molecule has 1 aromatic carbocycles. The number of hydrogen-bond acceptors (Lipinski definition) is 3.